The van der Waals surface area contributed by atoms with E-state index in [2.05, 4.69) is 6.07 Å². The highest BCUT2D eigenvalue weighted by atomic mass is 16.2. The van der Waals surface area contributed by atoms with Gasteiger partial charge in [0, 0.05) is 24.2 Å². The van der Waals surface area contributed by atoms with Crippen molar-refractivity contribution in [3.05, 3.63) is 59.7 Å². The SMILES string of the molecule is N#Cc1ccccc1-c1ccccc1C(=O)N1CCCCCC1. The highest BCUT2D eigenvalue weighted by molar-refractivity contribution is 6.01. The van der Waals surface area contributed by atoms with Crippen molar-refractivity contribution >= 4 is 5.91 Å². The van der Waals surface area contributed by atoms with Gasteiger partial charge in [-0.05, 0) is 30.5 Å². The normalized spacial score (nSPS) is 14.8. The fourth-order valence-corrected chi connectivity index (χ4v) is 3.16. The summed E-state index contributed by atoms with van der Waals surface area (Å²) in [6.07, 6.45) is 4.54. The van der Waals surface area contributed by atoms with Gasteiger partial charge >= 0.3 is 0 Å². The van der Waals surface area contributed by atoms with E-state index < -0.39 is 0 Å². The van der Waals surface area contributed by atoms with Gasteiger partial charge in [0.2, 0.25) is 0 Å². The second-order valence-corrected chi connectivity index (χ2v) is 5.91. The monoisotopic (exact) mass is 304 g/mol. The summed E-state index contributed by atoms with van der Waals surface area (Å²) in [5, 5.41) is 9.35. The van der Waals surface area contributed by atoms with Gasteiger partial charge in [-0.25, -0.2) is 0 Å². The van der Waals surface area contributed by atoms with E-state index in [1.165, 1.54) is 12.8 Å². The van der Waals surface area contributed by atoms with Crippen LogP contribution in [-0.4, -0.2) is 23.9 Å². The van der Waals surface area contributed by atoms with Gasteiger partial charge in [-0.2, -0.15) is 5.26 Å². The maximum absolute atomic E-state index is 13.0. The van der Waals surface area contributed by atoms with Gasteiger partial charge in [0.25, 0.3) is 5.91 Å². The Bertz CT molecular complexity index is 737. The number of likely N-dealkylation sites (tertiary alicyclic amines) is 1. The fraction of sp³-hybridized carbons (Fsp3) is 0.300. The summed E-state index contributed by atoms with van der Waals surface area (Å²) in [7, 11) is 0. The molecule has 1 fully saturated rings. The molecule has 3 heteroatoms. The Morgan fingerprint density at radius 1 is 0.870 bits per heavy atom. The average Bonchev–Trinajstić information content (AvgIpc) is 2.90. The summed E-state index contributed by atoms with van der Waals surface area (Å²) in [6, 6.07) is 17.3. The summed E-state index contributed by atoms with van der Waals surface area (Å²) in [4.78, 5) is 14.9. The molecule has 0 aliphatic carbocycles. The first-order valence-electron chi connectivity index (χ1n) is 8.19. The lowest BCUT2D eigenvalue weighted by Gasteiger charge is -2.22. The Morgan fingerprint density at radius 3 is 2.17 bits per heavy atom. The van der Waals surface area contributed by atoms with Crippen molar-refractivity contribution in [2.75, 3.05) is 13.1 Å². The molecule has 0 aromatic heterocycles. The molecule has 116 valence electrons. The zero-order chi connectivity index (χ0) is 16.1. The second-order valence-electron chi connectivity index (χ2n) is 5.91. The molecule has 0 N–H and O–H groups in total. The molecule has 1 amide bonds. The molecule has 0 bridgehead atoms. The van der Waals surface area contributed by atoms with Crippen LogP contribution < -0.4 is 0 Å². The van der Waals surface area contributed by atoms with Gasteiger partial charge in [-0.3, -0.25) is 4.79 Å². The first-order valence-corrected chi connectivity index (χ1v) is 8.19. The Kier molecular flexibility index (Phi) is 4.73. The summed E-state index contributed by atoms with van der Waals surface area (Å²) in [6.45, 7) is 1.65. The van der Waals surface area contributed by atoms with E-state index in [1.54, 1.807) is 6.07 Å². The Labute approximate surface area is 137 Å². The number of nitriles is 1. The molecular formula is C20H20N2O. The largest absolute Gasteiger partial charge is 0.339 e. The van der Waals surface area contributed by atoms with E-state index in [4.69, 9.17) is 0 Å². The zero-order valence-corrected chi connectivity index (χ0v) is 13.2. The average molecular weight is 304 g/mol. The molecule has 0 radical (unpaired) electrons. The lowest BCUT2D eigenvalue weighted by Crippen LogP contribution is -2.32. The summed E-state index contributed by atoms with van der Waals surface area (Å²) >= 11 is 0. The van der Waals surface area contributed by atoms with Crippen LogP contribution in [0.4, 0.5) is 0 Å². The smallest absolute Gasteiger partial charge is 0.254 e. The van der Waals surface area contributed by atoms with Gasteiger partial charge < -0.3 is 4.90 Å². The third kappa shape index (κ3) is 3.27. The van der Waals surface area contributed by atoms with Gasteiger partial charge in [0.05, 0.1) is 11.6 Å². The van der Waals surface area contributed by atoms with Crippen LogP contribution in [0, 0.1) is 11.3 Å². The Hall–Kier alpha value is -2.60. The molecule has 0 atom stereocenters. The standard InChI is InChI=1S/C20H20N2O/c21-15-16-9-3-4-10-17(16)18-11-5-6-12-19(18)20(23)22-13-7-1-2-8-14-22/h3-6,9-12H,1-2,7-8,13-14H2. The molecule has 1 aliphatic heterocycles. The second kappa shape index (κ2) is 7.11. The molecule has 0 spiro atoms. The Balaban J connectivity index is 2.01. The zero-order valence-electron chi connectivity index (χ0n) is 13.2. The van der Waals surface area contributed by atoms with Crippen LogP contribution in [-0.2, 0) is 0 Å². The molecule has 3 nitrogen and oxygen atoms in total. The molecule has 1 heterocycles. The minimum Gasteiger partial charge on any atom is -0.339 e. The number of benzene rings is 2. The van der Waals surface area contributed by atoms with E-state index in [0.717, 1.165) is 37.1 Å². The number of rotatable bonds is 2. The van der Waals surface area contributed by atoms with E-state index in [9.17, 15) is 10.1 Å². The minimum atomic E-state index is 0.0789. The van der Waals surface area contributed by atoms with Crippen LogP contribution in [0.25, 0.3) is 11.1 Å². The van der Waals surface area contributed by atoms with Crippen LogP contribution in [0.1, 0.15) is 41.6 Å². The van der Waals surface area contributed by atoms with Crippen LogP contribution in [0.15, 0.2) is 48.5 Å². The van der Waals surface area contributed by atoms with Crippen LogP contribution in [0.5, 0.6) is 0 Å². The molecule has 1 aliphatic rings. The van der Waals surface area contributed by atoms with Crippen molar-refractivity contribution in [3.63, 3.8) is 0 Å². The predicted molar refractivity (Wildman–Crippen MR) is 91.0 cm³/mol. The quantitative estimate of drug-likeness (QED) is 0.833. The van der Waals surface area contributed by atoms with Crippen LogP contribution in [0.3, 0.4) is 0 Å². The van der Waals surface area contributed by atoms with Gasteiger partial charge in [0.1, 0.15) is 0 Å². The van der Waals surface area contributed by atoms with Crippen molar-refractivity contribution in [1.82, 2.24) is 4.90 Å². The molecule has 0 unspecified atom stereocenters. The highest BCUT2D eigenvalue weighted by Gasteiger charge is 2.21. The number of nitrogens with zero attached hydrogens (tertiary/aromatic N) is 2. The van der Waals surface area contributed by atoms with Crippen molar-refractivity contribution in [1.29, 1.82) is 5.26 Å². The predicted octanol–water partition coefficient (Wildman–Crippen LogP) is 4.24. The van der Waals surface area contributed by atoms with Crippen molar-refractivity contribution in [2.24, 2.45) is 0 Å². The molecule has 3 rings (SSSR count). The summed E-state index contributed by atoms with van der Waals surface area (Å²) in [5.41, 5.74) is 2.97. The summed E-state index contributed by atoms with van der Waals surface area (Å²) in [5.74, 6) is 0.0789. The van der Waals surface area contributed by atoms with Crippen molar-refractivity contribution in [3.8, 4) is 17.2 Å². The van der Waals surface area contributed by atoms with Crippen LogP contribution in [0.2, 0.25) is 0 Å². The van der Waals surface area contributed by atoms with E-state index in [-0.39, 0.29) is 5.91 Å². The third-order valence-corrected chi connectivity index (χ3v) is 4.39. The molecular weight excluding hydrogens is 284 g/mol. The topological polar surface area (TPSA) is 44.1 Å². The fourth-order valence-electron chi connectivity index (χ4n) is 3.16. The maximum Gasteiger partial charge on any atom is 0.254 e. The molecule has 1 saturated heterocycles. The van der Waals surface area contributed by atoms with Gasteiger partial charge in [-0.15, -0.1) is 0 Å². The van der Waals surface area contributed by atoms with Gasteiger partial charge in [0.15, 0.2) is 0 Å². The van der Waals surface area contributed by atoms with Crippen LogP contribution >= 0.6 is 0 Å². The number of hydrogen-bond donors (Lipinski definition) is 0. The number of carbonyl (C=O) groups is 1. The van der Waals surface area contributed by atoms with E-state index in [0.29, 0.717) is 11.1 Å². The first kappa shape index (κ1) is 15.3. The van der Waals surface area contributed by atoms with Crippen molar-refractivity contribution in [2.45, 2.75) is 25.7 Å². The number of carbonyl (C=O) groups excluding carboxylic acids is 1. The number of hydrogen-bond acceptors (Lipinski definition) is 2. The lowest BCUT2D eigenvalue weighted by molar-refractivity contribution is 0.0762. The maximum atomic E-state index is 13.0. The highest BCUT2D eigenvalue weighted by Crippen LogP contribution is 2.28. The molecule has 2 aromatic rings. The third-order valence-electron chi connectivity index (χ3n) is 4.39. The van der Waals surface area contributed by atoms with E-state index >= 15 is 0 Å². The molecule has 2 aromatic carbocycles. The molecule has 0 saturated carbocycles. The minimum absolute atomic E-state index is 0.0789. The van der Waals surface area contributed by atoms with E-state index in [1.807, 2.05) is 47.4 Å². The van der Waals surface area contributed by atoms with Crippen molar-refractivity contribution < 1.29 is 4.79 Å². The van der Waals surface area contributed by atoms with Gasteiger partial charge in [-0.1, -0.05) is 49.2 Å². The lowest BCUT2D eigenvalue weighted by atomic mass is 9.95. The molecule has 23 heavy (non-hydrogen) atoms. The number of amides is 1. The summed E-state index contributed by atoms with van der Waals surface area (Å²) < 4.78 is 0. The Morgan fingerprint density at radius 2 is 1.48 bits per heavy atom. The first-order chi connectivity index (χ1) is 11.3.